The molecular formula is C24H24ClF4N3O3. The second-order valence-electron chi connectivity index (χ2n) is 8.68. The van der Waals surface area contributed by atoms with Gasteiger partial charge < -0.3 is 14.7 Å². The van der Waals surface area contributed by atoms with Gasteiger partial charge in [-0.15, -0.1) is 0 Å². The molecule has 1 fully saturated rings. The molecule has 11 heteroatoms. The van der Waals surface area contributed by atoms with E-state index in [-0.39, 0.29) is 11.9 Å². The van der Waals surface area contributed by atoms with Crippen LogP contribution in [0.5, 0.6) is 5.75 Å². The van der Waals surface area contributed by atoms with Crippen LogP contribution < -0.4 is 14.6 Å². The molecule has 2 atom stereocenters. The number of aliphatic carboxylic acids is 1. The fourth-order valence-corrected chi connectivity index (χ4v) is 4.66. The summed E-state index contributed by atoms with van der Waals surface area (Å²) in [5.74, 6) is -2.12. The quantitative estimate of drug-likeness (QED) is 0.499. The Bertz CT molecular complexity index is 1100. The fourth-order valence-electron chi connectivity index (χ4n) is 4.50. The zero-order chi connectivity index (χ0) is 25.3. The van der Waals surface area contributed by atoms with Gasteiger partial charge in [-0.3, -0.25) is 9.80 Å². The minimum absolute atomic E-state index is 0.103. The summed E-state index contributed by atoms with van der Waals surface area (Å²) in [6.07, 6.45) is -3.90. The van der Waals surface area contributed by atoms with Gasteiger partial charge in [-0.1, -0.05) is 18.5 Å². The zero-order valence-electron chi connectivity index (χ0n) is 18.8. The minimum Gasteiger partial charge on any atom is -0.490 e. The molecule has 0 aliphatic carbocycles. The highest BCUT2D eigenvalue weighted by molar-refractivity contribution is 6.30. The molecule has 2 aliphatic rings. The Balaban J connectivity index is 1.41. The average Bonchev–Trinajstić information content (AvgIpc) is 3.11. The van der Waals surface area contributed by atoms with Gasteiger partial charge in [0.05, 0.1) is 23.8 Å². The number of hydrazone groups is 1. The second-order valence-corrected chi connectivity index (χ2v) is 9.11. The van der Waals surface area contributed by atoms with E-state index in [1.807, 2.05) is 4.90 Å². The van der Waals surface area contributed by atoms with E-state index in [9.17, 15) is 27.5 Å². The first kappa shape index (κ1) is 25.1. The molecule has 4 rings (SSSR count). The molecule has 2 heterocycles. The van der Waals surface area contributed by atoms with Crippen LogP contribution in [-0.4, -0.2) is 48.2 Å². The van der Waals surface area contributed by atoms with Gasteiger partial charge in [-0.25, -0.2) is 4.39 Å². The van der Waals surface area contributed by atoms with E-state index in [2.05, 4.69) is 5.10 Å². The number of halogens is 5. The van der Waals surface area contributed by atoms with Gasteiger partial charge in [0.2, 0.25) is 0 Å². The minimum atomic E-state index is -4.64. The predicted molar refractivity (Wildman–Crippen MR) is 125 cm³/mol. The number of hydrogen-bond donors (Lipinski definition) is 1. The van der Waals surface area contributed by atoms with Crippen LogP contribution in [0.3, 0.4) is 0 Å². The zero-order valence-corrected chi connectivity index (χ0v) is 19.6. The van der Waals surface area contributed by atoms with Gasteiger partial charge in [0, 0.05) is 36.9 Å². The number of benzene rings is 2. The van der Waals surface area contributed by atoms with Crippen molar-refractivity contribution in [2.75, 3.05) is 23.0 Å². The van der Waals surface area contributed by atoms with Crippen molar-refractivity contribution >= 4 is 34.7 Å². The molecule has 2 aliphatic heterocycles. The van der Waals surface area contributed by atoms with Crippen molar-refractivity contribution in [3.8, 4) is 5.75 Å². The van der Waals surface area contributed by atoms with E-state index in [1.165, 1.54) is 13.0 Å². The number of piperidine rings is 1. The SMILES string of the molecule is CC1C(C(F)(F)F)=NN(c2ccc(OC3CCN(c4ccc(Cl)cc4F)CC3)cc2)C1CC(=O)O. The molecule has 1 saturated heterocycles. The van der Waals surface area contributed by atoms with Crippen molar-refractivity contribution in [3.63, 3.8) is 0 Å². The Labute approximate surface area is 204 Å². The molecule has 35 heavy (non-hydrogen) atoms. The predicted octanol–water partition coefficient (Wildman–Crippen LogP) is 5.74. The van der Waals surface area contributed by atoms with Crippen molar-refractivity contribution in [2.45, 2.75) is 44.5 Å². The van der Waals surface area contributed by atoms with E-state index in [4.69, 9.17) is 16.3 Å². The number of ether oxygens (including phenoxy) is 1. The lowest BCUT2D eigenvalue weighted by molar-refractivity contribution is -0.137. The highest BCUT2D eigenvalue weighted by Crippen LogP contribution is 2.37. The van der Waals surface area contributed by atoms with Crippen LogP contribution in [0.1, 0.15) is 26.2 Å². The summed E-state index contributed by atoms with van der Waals surface area (Å²) in [6, 6.07) is 10.0. The van der Waals surface area contributed by atoms with Crippen molar-refractivity contribution in [1.29, 1.82) is 0 Å². The van der Waals surface area contributed by atoms with Crippen LogP contribution in [0.15, 0.2) is 47.6 Å². The summed E-state index contributed by atoms with van der Waals surface area (Å²) >= 11 is 5.82. The van der Waals surface area contributed by atoms with Crippen molar-refractivity contribution in [1.82, 2.24) is 0 Å². The Hall–Kier alpha value is -3.01. The molecule has 188 valence electrons. The number of anilines is 2. The Morgan fingerprint density at radius 1 is 1.17 bits per heavy atom. The Morgan fingerprint density at radius 3 is 2.40 bits per heavy atom. The normalized spacial score (nSPS) is 21.3. The fraction of sp³-hybridized carbons (Fsp3) is 0.417. The largest absolute Gasteiger partial charge is 0.490 e. The lowest BCUT2D eigenvalue weighted by atomic mass is 9.94. The molecule has 0 spiro atoms. The standard InChI is InChI=1S/C24H24ClF4N3O3/c1-14-21(13-22(33)34)32(30-23(14)24(27,28)29)16-3-5-17(6-4-16)35-18-8-10-31(11-9-18)20-7-2-15(25)12-19(20)26/h2-7,12,14,18,21H,8-11,13H2,1H3,(H,33,34). The van der Waals surface area contributed by atoms with Crippen LogP contribution in [0, 0.1) is 11.7 Å². The van der Waals surface area contributed by atoms with Gasteiger partial charge in [0.25, 0.3) is 0 Å². The van der Waals surface area contributed by atoms with Crippen LogP contribution in [0.2, 0.25) is 5.02 Å². The van der Waals surface area contributed by atoms with Gasteiger partial charge in [0.15, 0.2) is 0 Å². The van der Waals surface area contributed by atoms with Crippen LogP contribution in [0.4, 0.5) is 28.9 Å². The first-order valence-corrected chi connectivity index (χ1v) is 11.5. The number of alkyl halides is 3. The lowest BCUT2D eigenvalue weighted by Gasteiger charge is -2.34. The van der Waals surface area contributed by atoms with Gasteiger partial charge in [0.1, 0.15) is 23.4 Å². The molecule has 0 aromatic heterocycles. The third-order valence-electron chi connectivity index (χ3n) is 6.31. The maximum absolute atomic E-state index is 14.2. The van der Waals surface area contributed by atoms with E-state index < -0.39 is 36.2 Å². The molecule has 0 radical (unpaired) electrons. The first-order valence-electron chi connectivity index (χ1n) is 11.2. The smallest absolute Gasteiger partial charge is 0.431 e. The maximum Gasteiger partial charge on any atom is 0.431 e. The molecule has 2 unspecified atom stereocenters. The van der Waals surface area contributed by atoms with Gasteiger partial charge >= 0.3 is 12.1 Å². The van der Waals surface area contributed by atoms with E-state index in [0.29, 0.717) is 48.1 Å². The molecular weight excluding hydrogens is 490 g/mol. The summed E-state index contributed by atoms with van der Waals surface area (Å²) in [5.41, 5.74) is -0.151. The number of carboxylic acids is 1. The molecule has 0 bridgehead atoms. The Kier molecular flexibility index (Phi) is 7.12. The number of carboxylic acid groups (broad SMARTS) is 1. The monoisotopic (exact) mass is 513 g/mol. The molecule has 6 nitrogen and oxygen atoms in total. The van der Waals surface area contributed by atoms with E-state index >= 15 is 0 Å². The van der Waals surface area contributed by atoms with Crippen LogP contribution in [-0.2, 0) is 4.79 Å². The molecule has 2 aromatic rings. The van der Waals surface area contributed by atoms with Gasteiger partial charge in [-0.2, -0.15) is 18.3 Å². The average molecular weight is 514 g/mol. The van der Waals surface area contributed by atoms with Crippen molar-refractivity contribution in [2.24, 2.45) is 11.0 Å². The number of rotatable bonds is 6. The summed E-state index contributed by atoms with van der Waals surface area (Å²) in [4.78, 5) is 13.2. The lowest BCUT2D eigenvalue weighted by Crippen LogP contribution is -2.38. The number of hydrogen-bond acceptors (Lipinski definition) is 5. The molecule has 1 N–H and O–H groups in total. The number of carbonyl (C=O) groups is 1. The highest BCUT2D eigenvalue weighted by atomic mass is 35.5. The summed E-state index contributed by atoms with van der Waals surface area (Å²) in [7, 11) is 0. The molecule has 0 amide bonds. The third-order valence-corrected chi connectivity index (χ3v) is 6.54. The highest BCUT2D eigenvalue weighted by Gasteiger charge is 2.48. The van der Waals surface area contributed by atoms with Gasteiger partial charge in [-0.05, 0) is 42.5 Å². The van der Waals surface area contributed by atoms with Crippen molar-refractivity contribution < 1.29 is 32.2 Å². The first-order chi connectivity index (χ1) is 16.5. The Morgan fingerprint density at radius 2 is 1.83 bits per heavy atom. The maximum atomic E-state index is 14.2. The third kappa shape index (κ3) is 5.63. The second kappa shape index (κ2) is 9.93. The van der Waals surface area contributed by atoms with Crippen LogP contribution >= 0.6 is 11.6 Å². The van der Waals surface area contributed by atoms with Crippen molar-refractivity contribution in [3.05, 3.63) is 53.3 Å². The molecule has 0 saturated carbocycles. The van der Waals surface area contributed by atoms with E-state index in [0.717, 1.165) is 5.01 Å². The summed E-state index contributed by atoms with van der Waals surface area (Å²) in [5, 5.41) is 14.4. The summed E-state index contributed by atoms with van der Waals surface area (Å²) in [6.45, 7) is 2.53. The number of nitrogens with zero attached hydrogens (tertiary/aromatic N) is 3. The summed E-state index contributed by atoms with van der Waals surface area (Å²) < 4.78 is 60.3. The topological polar surface area (TPSA) is 65.4 Å². The van der Waals surface area contributed by atoms with E-state index in [1.54, 1.807) is 36.4 Å². The van der Waals surface area contributed by atoms with Crippen LogP contribution in [0.25, 0.3) is 0 Å². The molecule has 2 aromatic carbocycles.